The fraction of sp³-hybridized carbons (Fsp3) is 0.318. The number of hydrogen-bond acceptors (Lipinski definition) is 4. The number of carboxylic acids is 1. The van der Waals surface area contributed by atoms with Gasteiger partial charge in [0, 0.05) is 89.0 Å². The molecule has 1 aromatic heterocycles. The van der Waals surface area contributed by atoms with Gasteiger partial charge in [-0.15, -0.1) is 0 Å². The minimum atomic E-state index is -1.27. The number of carbonyl (C=O) groups is 1. The molecule has 1 aliphatic heterocycles. The number of rotatable bonds is 2. The van der Waals surface area contributed by atoms with Crippen molar-refractivity contribution >= 4 is 22.6 Å². The van der Waals surface area contributed by atoms with Crippen LogP contribution in [0.25, 0.3) is 10.9 Å². The number of carboxylic acid groups (broad SMARTS) is 1. The quantitative estimate of drug-likeness (QED) is 0.541. The van der Waals surface area contributed by atoms with E-state index in [-0.39, 0.29) is 47.1 Å². The van der Waals surface area contributed by atoms with Crippen LogP contribution in [0.5, 0.6) is 0 Å². The van der Waals surface area contributed by atoms with Gasteiger partial charge in [-0.3, -0.25) is 9.36 Å². The van der Waals surface area contributed by atoms with E-state index in [2.05, 4.69) is 47.6 Å². The van der Waals surface area contributed by atoms with Crippen LogP contribution in [0.2, 0.25) is 0 Å². The molecule has 1 fully saturated rings. The maximum atomic E-state index is 12.5. The van der Waals surface area contributed by atoms with Gasteiger partial charge in [0.25, 0.3) is 0 Å². The number of hydrogen-bond donors (Lipinski definition) is 1. The van der Waals surface area contributed by atoms with E-state index >= 15 is 0 Å². The molecule has 0 bridgehead atoms. The summed E-state index contributed by atoms with van der Waals surface area (Å²) in [6.45, 7) is 6.57. The maximum Gasteiger partial charge on any atom is 0.341 e. The molecule has 1 atom stereocenters. The number of aromatic nitrogens is 1. The van der Waals surface area contributed by atoms with E-state index in [1.54, 1.807) is 13.0 Å². The Morgan fingerprint density at radius 1 is 1.28 bits per heavy atom. The van der Waals surface area contributed by atoms with E-state index in [4.69, 9.17) is 0 Å². The molecule has 2 aromatic rings. The zero-order valence-corrected chi connectivity index (χ0v) is 20.0. The molecule has 1 unspecified atom stereocenters. The molecular weight excluding hydrogens is 443 g/mol. The number of anilines is 1. The molecule has 0 aliphatic carbocycles. The van der Waals surface area contributed by atoms with Gasteiger partial charge in [0.2, 0.25) is 5.43 Å². The molecule has 0 amide bonds. The van der Waals surface area contributed by atoms with Gasteiger partial charge >= 0.3 is 5.97 Å². The molecule has 0 saturated carbocycles. The van der Waals surface area contributed by atoms with Crippen molar-refractivity contribution in [3.63, 3.8) is 0 Å². The SMILES string of the molecule is CC#CC#Cn1cc(C(=O)O)c(=O)c2ccc(N3CCN(C)C(C)C3)cc21.[CH3-].[HH].[Y]. The van der Waals surface area contributed by atoms with E-state index in [1.807, 2.05) is 12.1 Å². The number of nitrogens with zero attached hydrogens (tertiary/aromatic N) is 3. The molecular formula is C22H26N3O3Y-. The summed E-state index contributed by atoms with van der Waals surface area (Å²) in [4.78, 5) is 28.5. The Labute approximate surface area is 198 Å². The molecule has 151 valence electrons. The average Bonchev–Trinajstić information content (AvgIpc) is 2.65. The van der Waals surface area contributed by atoms with E-state index in [1.165, 1.54) is 10.8 Å². The fourth-order valence-electron chi connectivity index (χ4n) is 3.19. The number of piperazine rings is 1. The molecule has 1 N–H and O–H groups in total. The second-order valence-corrected chi connectivity index (χ2v) is 6.64. The van der Waals surface area contributed by atoms with Crippen LogP contribution in [0, 0.1) is 31.2 Å². The third-order valence-corrected chi connectivity index (χ3v) is 4.91. The average molecular weight is 469 g/mol. The molecule has 2 heterocycles. The first-order valence-electron chi connectivity index (χ1n) is 8.73. The standard InChI is InChI=1S/C21H21N3O3.CH3.Y.H2/c1-4-5-6-9-24-14-18(21(26)27)20(25)17-8-7-16(12-19(17)24)23-11-10-22(3)15(2)13-23;;;/h7-8,12,14-15H,10-11,13H2,1-3H3,(H,26,27);1H3;;1H/q;-1;;. The summed E-state index contributed by atoms with van der Waals surface area (Å²) in [5.74, 6) is 6.73. The second-order valence-electron chi connectivity index (χ2n) is 6.64. The van der Waals surface area contributed by atoms with Crippen molar-refractivity contribution < 1.29 is 44.0 Å². The first-order chi connectivity index (χ1) is 12.9. The van der Waals surface area contributed by atoms with Crippen molar-refractivity contribution in [3.05, 3.63) is 47.6 Å². The Hall–Kier alpha value is -2.12. The van der Waals surface area contributed by atoms with Crippen molar-refractivity contribution in [1.82, 2.24) is 9.47 Å². The number of fused-ring (bicyclic) bond motifs is 1. The Kier molecular flexibility index (Phi) is 9.11. The van der Waals surface area contributed by atoms with Gasteiger partial charge in [-0.25, -0.2) is 4.79 Å². The number of aromatic carboxylic acids is 1. The number of benzene rings is 1. The second kappa shape index (κ2) is 10.6. The van der Waals surface area contributed by atoms with Gasteiger partial charge in [0.05, 0.1) is 5.52 Å². The molecule has 7 heteroatoms. The van der Waals surface area contributed by atoms with Gasteiger partial charge in [0.1, 0.15) is 5.56 Å². The van der Waals surface area contributed by atoms with Gasteiger partial charge in [-0.1, -0.05) is 5.92 Å². The van der Waals surface area contributed by atoms with Crippen molar-refractivity contribution in [2.45, 2.75) is 19.9 Å². The van der Waals surface area contributed by atoms with Crippen molar-refractivity contribution in [3.8, 4) is 23.8 Å². The van der Waals surface area contributed by atoms with Gasteiger partial charge in [0.15, 0.2) is 0 Å². The zero-order valence-electron chi connectivity index (χ0n) is 17.2. The molecule has 1 radical (unpaired) electrons. The van der Waals surface area contributed by atoms with Crippen LogP contribution in [-0.4, -0.2) is 53.3 Å². The van der Waals surface area contributed by atoms with Crippen molar-refractivity contribution in [2.24, 2.45) is 0 Å². The first-order valence-corrected chi connectivity index (χ1v) is 8.73. The van der Waals surface area contributed by atoms with E-state index in [0.717, 1.165) is 25.3 Å². The molecule has 3 rings (SSSR count). The zero-order chi connectivity index (χ0) is 19.6. The predicted octanol–water partition coefficient (Wildman–Crippen LogP) is 2.37. The van der Waals surface area contributed by atoms with E-state index in [9.17, 15) is 14.7 Å². The molecule has 1 saturated heterocycles. The Morgan fingerprint density at radius 2 is 2.00 bits per heavy atom. The Bertz CT molecular complexity index is 1090. The topological polar surface area (TPSA) is 65.8 Å². The predicted molar refractivity (Wildman–Crippen MR) is 115 cm³/mol. The summed E-state index contributed by atoms with van der Waals surface area (Å²) in [6, 6.07) is 8.70. The summed E-state index contributed by atoms with van der Waals surface area (Å²) in [5, 5.41) is 9.66. The normalized spacial score (nSPS) is 15.8. The minimum absolute atomic E-state index is 0. The summed E-state index contributed by atoms with van der Waals surface area (Å²) in [7, 11) is 2.11. The fourth-order valence-corrected chi connectivity index (χ4v) is 3.19. The summed E-state index contributed by atoms with van der Waals surface area (Å²) < 4.78 is 1.48. The van der Waals surface area contributed by atoms with Gasteiger partial charge < -0.3 is 22.3 Å². The maximum absolute atomic E-state index is 12.5. The summed E-state index contributed by atoms with van der Waals surface area (Å²) in [5.41, 5.74) is 0.763. The van der Waals surface area contributed by atoms with Crippen LogP contribution in [0.3, 0.4) is 0 Å². The van der Waals surface area contributed by atoms with E-state index in [0.29, 0.717) is 16.9 Å². The largest absolute Gasteiger partial charge is 0.477 e. The van der Waals surface area contributed by atoms with Crippen LogP contribution in [0.15, 0.2) is 29.2 Å². The van der Waals surface area contributed by atoms with Crippen molar-refractivity contribution in [2.75, 3.05) is 31.6 Å². The Balaban J connectivity index is 0.00000280. The van der Waals surface area contributed by atoms with E-state index < -0.39 is 11.4 Å². The third-order valence-electron chi connectivity index (χ3n) is 4.91. The van der Waals surface area contributed by atoms with Crippen LogP contribution in [0.1, 0.15) is 25.6 Å². The Morgan fingerprint density at radius 3 is 2.62 bits per heavy atom. The molecule has 1 aliphatic rings. The third kappa shape index (κ3) is 5.28. The molecule has 29 heavy (non-hydrogen) atoms. The minimum Gasteiger partial charge on any atom is -0.477 e. The summed E-state index contributed by atoms with van der Waals surface area (Å²) >= 11 is 0. The van der Waals surface area contributed by atoms with Gasteiger partial charge in [-0.05, 0) is 45.0 Å². The van der Waals surface area contributed by atoms with Crippen LogP contribution in [0.4, 0.5) is 5.69 Å². The monoisotopic (exact) mass is 469 g/mol. The molecule has 1 aromatic carbocycles. The van der Waals surface area contributed by atoms with Crippen LogP contribution >= 0.6 is 0 Å². The number of pyridine rings is 1. The summed E-state index contributed by atoms with van der Waals surface area (Å²) in [6.07, 6.45) is 1.27. The van der Waals surface area contributed by atoms with Crippen LogP contribution < -0.4 is 10.3 Å². The molecule has 6 nitrogen and oxygen atoms in total. The first kappa shape index (κ1) is 24.9. The number of likely N-dealkylation sites (N-methyl/N-ethyl adjacent to an activating group) is 1. The van der Waals surface area contributed by atoms with Crippen LogP contribution in [-0.2, 0) is 32.7 Å². The smallest absolute Gasteiger partial charge is 0.341 e. The van der Waals surface area contributed by atoms with Crippen molar-refractivity contribution in [1.29, 1.82) is 0 Å². The van der Waals surface area contributed by atoms with Gasteiger partial charge in [-0.2, -0.15) is 0 Å². The molecule has 0 spiro atoms.